The number of fused-ring (bicyclic) bond motifs is 1. The van der Waals surface area contributed by atoms with Gasteiger partial charge in [-0.25, -0.2) is 0 Å². The second kappa shape index (κ2) is 5.01. The Kier molecular flexibility index (Phi) is 3.41. The highest BCUT2D eigenvalue weighted by Gasteiger charge is 2.29. The van der Waals surface area contributed by atoms with Crippen LogP contribution in [0, 0.1) is 0 Å². The fourth-order valence-corrected chi connectivity index (χ4v) is 4.07. The Bertz CT molecular complexity index is 388. The molecular weight excluding hydrogens is 228 g/mol. The van der Waals surface area contributed by atoms with Crippen LogP contribution in [0.3, 0.4) is 0 Å². The lowest BCUT2D eigenvalue weighted by Crippen LogP contribution is -2.36. The van der Waals surface area contributed by atoms with Crippen molar-refractivity contribution in [2.24, 2.45) is 5.73 Å². The second-order valence-electron chi connectivity index (χ2n) is 5.10. The maximum atomic E-state index is 6.20. The van der Waals surface area contributed by atoms with Gasteiger partial charge in [-0.2, -0.15) is 11.8 Å². The summed E-state index contributed by atoms with van der Waals surface area (Å²) in [6.07, 6.45) is 3.73. The molecule has 92 valence electrons. The molecule has 3 rings (SSSR count). The zero-order chi connectivity index (χ0) is 11.7. The van der Waals surface area contributed by atoms with Crippen LogP contribution in [-0.2, 0) is 0 Å². The fraction of sp³-hybridized carbons (Fsp3) is 0.571. The molecule has 0 spiro atoms. The van der Waals surface area contributed by atoms with Crippen LogP contribution in [0.5, 0.6) is 0 Å². The van der Waals surface area contributed by atoms with Gasteiger partial charge in [0.05, 0.1) is 0 Å². The van der Waals surface area contributed by atoms with Crippen LogP contribution in [0.1, 0.15) is 42.5 Å². The highest BCUT2D eigenvalue weighted by Crippen LogP contribution is 2.37. The molecule has 1 aromatic carbocycles. The van der Waals surface area contributed by atoms with Gasteiger partial charge in [-0.05, 0) is 36.1 Å². The first-order chi connectivity index (χ1) is 8.34. The summed E-state index contributed by atoms with van der Waals surface area (Å²) >= 11 is 2.07. The van der Waals surface area contributed by atoms with Gasteiger partial charge in [0.15, 0.2) is 0 Å². The molecule has 0 amide bonds. The third-order valence-electron chi connectivity index (χ3n) is 3.86. The molecule has 3 atom stereocenters. The Hall–Kier alpha value is -0.510. The fourth-order valence-electron chi connectivity index (χ4n) is 2.99. The smallest absolute Gasteiger partial charge is 0.0344 e. The van der Waals surface area contributed by atoms with E-state index in [2.05, 4.69) is 41.3 Å². The SMILES string of the molecule is NC1CC(NC2CCCSC2)c2ccccc21. The Labute approximate surface area is 107 Å². The van der Waals surface area contributed by atoms with Crippen molar-refractivity contribution < 1.29 is 0 Å². The highest BCUT2D eigenvalue weighted by atomic mass is 32.2. The number of hydrogen-bond donors (Lipinski definition) is 2. The summed E-state index contributed by atoms with van der Waals surface area (Å²) in [5, 5.41) is 3.80. The Morgan fingerprint density at radius 1 is 1.24 bits per heavy atom. The van der Waals surface area contributed by atoms with Crippen LogP contribution < -0.4 is 11.1 Å². The van der Waals surface area contributed by atoms with E-state index < -0.39 is 0 Å². The third-order valence-corrected chi connectivity index (χ3v) is 5.07. The Balaban J connectivity index is 1.72. The van der Waals surface area contributed by atoms with E-state index >= 15 is 0 Å². The average molecular weight is 248 g/mol. The summed E-state index contributed by atoms with van der Waals surface area (Å²) < 4.78 is 0. The number of thioether (sulfide) groups is 1. The van der Waals surface area contributed by atoms with E-state index in [1.807, 2.05) is 0 Å². The molecule has 17 heavy (non-hydrogen) atoms. The summed E-state index contributed by atoms with van der Waals surface area (Å²) in [5.74, 6) is 2.59. The lowest BCUT2D eigenvalue weighted by Gasteiger charge is -2.26. The first-order valence-electron chi connectivity index (χ1n) is 6.53. The predicted molar refractivity (Wildman–Crippen MR) is 74.2 cm³/mol. The Morgan fingerprint density at radius 3 is 2.82 bits per heavy atom. The third kappa shape index (κ3) is 2.37. The van der Waals surface area contributed by atoms with Gasteiger partial charge in [-0.1, -0.05) is 24.3 Å². The van der Waals surface area contributed by atoms with Crippen molar-refractivity contribution in [3.05, 3.63) is 35.4 Å². The second-order valence-corrected chi connectivity index (χ2v) is 6.25. The molecule has 1 aromatic rings. The zero-order valence-electron chi connectivity index (χ0n) is 10.1. The van der Waals surface area contributed by atoms with Gasteiger partial charge < -0.3 is 11.1 Å². The maximum absolute atomic E-state index is 6.20. The van der Waals surface area contributed by atoms with Crippen molar-refractivity contribution in [3.63, 3.8) is 0 Å². The molecule has 3 heteroatoms. The Morgan fingerprint density at radius 2 is 2.06 bits per heavy atom. The van der Waals surface area contributed by atoms with Crippen molar-refractivity contribution in [1.82, 2.24) is 5.32 Å². The van der Waals surface area contributed by atoms with E-state index in [9.17, 15) is 0 Å². The lowest BCUT2D eigenvalue weighted by molar-refractivity contribution is 0.418. The number of hydrogen-bond acceptors (Lipinski definition) is 3. The van der Waals surface area contributed by atoms with Crippen LogP contribution in [-0.4, -0.2) is 17.5 Å². The molecule has 1 aliphatic carbocycles. The van der Waals surface area contributed by atoms with E-state index in [1.54, 1.807) is 0 Å². The van der Waals surface area contributed by atoms with Gasteiger partial charge in [0, 0.05) is 23.9 Å². The van der Waals surface area contributed by atoms with Gasteiger partial charge >= 0.3 is 0 Å². The molecule has 2 aliphatic rings. The lowest BCUT2D eigenvalue weighted by atomic mass is 10.1. The number of rotatable bonds is 2. The van der Waals surface area contributed by atoms with Crippen molar-refractivity contribution in [3.8, 4) is 0 Å². The minimum absolute atomic E-state index is 0.222. The van der Waals surface area contributed by atoms with Gasteiger partial charge in [0.1, 0.15) is 0 Å². The van der Waals surface area contributed by atoms with Gasteiger partial charge in [0.2, 0.25) is 0 Å². The van der Waals surface area contributed by atoms with E-state index in [0.29, 0.717) is 12.1 Å². The van der Waals surface area contributed by atoms with Crippen molar-refractivity contribution in [2.45, 2.75) is 37.4 Å². The van der Waals surface area contributed by atoms with E-state index in [4.69, 9.17) is 5.73 Å². The predicted octanol–water partition coefficient (Wildman–Crippen LogP) is 2.62. The molecule has 1 fully saturated rings. The number of benzene rings is 1. The first kappa shape index (κ1) is 11.6. The summed E-state index contributed by atoms with van der Waals surface area (Å²) in [6.45, 7) is 0. The molecular formula is C14H20N2S. The molecule has 0 bridgehead atoms. The van der Waals surface area contributed by atoms with Crippen LogP contribution >= 0.6 is 11.8 Å². The van der Waals surface area contributed by atoms with Crippen molar-refractivity contribution in [1.29, 1.82) is 0 Å². The van der Waals surface area contributed by atoms with E-state index in [1.165, 1.54) is 35.5 Å². The highest BCUT2D eigenvalue weighted by molar-refractivity contribution is 7.99. The van der Waals surface area contributed by atoms with Crippen LogP contribution in [0.15, 0.2) is 24.3 Å². The molecule has 3 N–H and O–H groups in total. The molecule has 0 aromatic heterocycles. The van der Waals surface area contributed by atoms with Crippen LogP contribution in [0.25, 0.3) is 0 Å². The molecule has 1 aliphatic heterocycles. The van der Waals surface area contributed by atoms with Crippen LogP contribution in [0.4, 0.5) is 0 Å². The van der Waals surface area contributed by atoms with Crippen LogP contribution in [0.2, 0.25) is 0 Å². The molecule has 0 radical (unpaired) electrons. The quantitative estimate of drug-likeness (QED) is 0.845. The van der Waals surface area contributed by atoms with Gasteiger partial charge in [-0.15, -0.1) is 0 Å². The molecule has 1 saturated heterocycles. The molecule has 0 saturated carbocycles. The summed E-state index contributed by atoms with van der Waals surface area (Å²) in [7, 11) is 0. The summed E-state index contributed by atoms with van der Waals surface area (Å²) in [5.41, 5.74) is 8.96. The average Bonchev–Trinajstić information content (AvgIpc) is 2.69. The molecule has 3 unspecified atom stereocenters. The monoisotopic (exact) mass is 248 g/mol. The number of nitrogens with two attached hydrogens (primary N) is 1. The van der Waals surface area contributed by atoms with E-state index in [0.717, 1.165) is 6.42 Å². The minimum Gasteiger partial charge on any atom is -0.324 e. The maximum Gasteiger partial charge on any atom is 0.0344 e. The first-order valence-corrected chi connectivity index (χ1v) is 7.68. The van der Waals surface area contributed by atoms with Crippen molar-refractivity contribution in [2.75, 3.05) is 11.5 Å². The largest absolute Gasteiger partial charge is 0.324 e. The zero-order valence-corrected chi connectivity index (χ0v) is 10.9. The number of nitrogens with one attached hydrogen (secondary N) is 1. The van der Waals surface area contributed by atoms with Gasteiger partial charge in [-0.3, -0.25) is 0 Å². The molecule has 1 heterocycles. The standard InChI is InChI=1S/C14H20N2S/c15-13-8-14(12-6-2-1-5-11(12)13)16-10-4-3-7-17-9-10/h1-2,5-6,10,13-14,16H,3-4,7-9,15H2. The normalized spacial score (nSPS) is 32.4. The topological polar surface area (TPSA) is 38.0 Å². The minimum atomic E-state index is 0.222. The van der Waals surface area contributed by atoms with Gasteiger partial charge in [0.25, 0.3) is 0 Å². The summed E-state index contributed by atoms with van der Waals surface area (Å²) in [6, 6.07) is 10.0. The summed E-state index contributed by atoms with van der Waals surface area (Å²) in [4.78, 5) is 0. The van der Waals surface area contributed by atoms with E-state index in [-0.39, 0.29) is 6.04 Å². The van der Waals surface area contributed by atoms with Crippen molar-refractivity contribution >= 4 is 11.8 Å². The molecule has 2 nitrogen and oxygen atoms in total.